The highest BCUT2D eigenvalue weighted by Crippen LogP contribution is 2.52. The second kappa shape index (κ2) is 14.3. The number of benzene rings is 4. The van der Waals surface area contributed by atoms with Crippen LogP contribution in [0.5, 0.6) is 0 Å². The third-order valence-electron chi connectivity index (χ3n) is 8.55. The van der Waals surface area contributed by atoms with Crippen molar-refractivity contribution in [2.45, 2.75) is 62.8 Å². The third-order valence-corrected chi connectivity index (χ3v) is 8.55. The van der Waals surface area contributed by atoms with E-state index in [-0.39, 0.29) is 31.5 Å². The Labute approximate surface area is 251 Å². The van der Waals surface area contributed by atoms with Crippen LogP contribution in [0.2, 0.25) is 5.82 Å². The molecule has 0 amide bonds. The molecule has 2 aliphatic rings. The van der Waals surface area contributed by atoms with Crippen molar-refractivity contribution in [2.75, 3.05) is 13.2 Å². The Morgan fingerprint density at radius 2 is 1.00 bits per heavy atom. The molecule has 216 valence electrons. The van der Waals surface area contributed by atoms with Crippen LogP contribution in [0.4, 0.5) is 0 Å². The van der Waals surface area contributed by atoms with Gasteiger partial charge in [0.1, 0.15) is 12.2 Å². The van der Waals surface area contributed by atoms with Gasteiger partial charge in [0.05, 0.1) is 25.4 Å². The molecule has 0 unspecified atom stereocenters. The monoisotopic (exact) mass is 560 g/mol. The Morgan fingerprint density at radius 1 is 0.619 bits per heavy atom. The van der Waals surface area contributed by atoms with Gasteiger partial charge in [-0.15, -0.1) is 0 Å². The Kier molecular flexibility index (Phi) is 9.84. The van der Waals surface area contributed by atoms with Gasteiger partial charge in [0.15, 0.2) is 0 Å². The summed E-state index contributed by atoms with van der Waals surface area (Å²) in [5, 5.41) is 0. The highest BCUT2D eigenvalue weighted by Gasteiger charge is 2.54. The second-order valence-electron chi connectivity index (χ2n) is 11.6. The van der Waals surface area contributed by atoms with Gasteiger partial charge in [-0.2, -0.15) is 0 Å². The lowest BCUT2D eigenvalue weighted by molar-refractivity contribution is -0.0321. The van der Waals surface area contributed by atoms with Gasteiger partial charge in [-0.05, 0) is 40.4 Å². The SMILES string of the molecule is CCCC[C@@H]1C[C@@H]1B1O[C@H](COC(c2ccccc2)c2ccccc2)[C@@H](COC(c2ccccc2)c2ccccc2)O1. The summed E-state index contributed by atoms with van der Waals surface area (Å²) in [5.41, 5.74) is 4.51. The summed E-state index contributed by atoms with van der Waals surface area (Å²) >= 11 is 0. The molecule has 2 fully saturated rings. The summed E-state index contributed by atoms with van der Waals surface area (Å²) in [4.78, 5) is 0. The van der Waals surface area contributed by atoms with E-state index in [1.165, 1.54) is 25.7 Å². The quantitative estimate of drug-likeness (QED) is 0.145. The minimum Gasteiger partial charge on any atom is -0.403 e. The molecule has 6 rings (SSSR count). The minimum atomic E-state index is -0.218. The summed E-state index contributed by atoms with van der Waals surface area (Å²) < 4.78 is 26.7. The molecule has 42 heavy (non-hydrogen) atoms. The maximum absolute atomic E-state index is 6.68. The van der Waals surface area contributed by atoms with Crippen LogP contribution in [-0.4, -0.2) is 32.5 Å². The summed E-state index contributed by atoms with van der Waals surface area (Å²) in [6, 6.07) is 41.7. The molecule has 1 saturated heterocycles. The zero-order chi connectivity index (χ0) is 28.6. The molecule has 1 saturated carbocycles. The van der Waals surface area contributed by atoms with Crippen LogP contribution in [-0.2, 0) is 18.8 Å². The second-order valence-corrected chi connectivity index (χ2v) is 11.6. The number of hydrogen-bond donors (Lipinski definition) is 0. The fourth-order valence-electron chi connectivity index (χ4n) is 6.11. The first-order valence-electron chi connectivity index (χ1n) is 15.5. The van der Waals surface area contributed by atoms with E-state index >= 15 is 0 Å². The van der Waals surface area contributed by atoms with Gasteiger partial charge in [0.2, 0.25) is 0 Å². The highest BCUT2D eigenvalue weighted by molar-refractivity contribution is 6.48. The van der Waals surface area contributed by atoms with Crippen molar-refractivity contribution >= 4 is 7.12 Å². The van der Waals surface area contributed by atoms with Crippen molar-refractivity contribution in [2.24, 2.45) is 5.92 Å². The van der Waals surface area contributed by atoms with Crippen LogP contribution in [0.25, 0.3) is 0 Å². The van der Waals surface area contributed by atoms with E-state index in [1.54, 1.807) is 0 Å². The third kappa shape index (κ3) is 7.22. The topological polar surface area (TPSA) is 36.9 Å². The fourth-order valence-corrected chi connectivity index (χ4v) is 6.11. The Morgan fingerprint density at radius 3 is 1.36 bits per heavy atom. The maximum Gasteiger partial charge on any atom is 0.461 e. The summed E-state index contributed by atoms with van der Waals surface area (Å²) in [6.45, 7) is 3.10. The largest absolute Gasteiger partial charge is 0.461 e. The lowest BCUT2D eigenvalue weighted by Gasteiger charge is -2.25. The van der Waals surface area contributed by atoms with Crippen molar-refractivity contribution in [3.05, 3.63) is 144 Å². The standard InChI is InChI=1S/C37H41BO4/c1-2-3-16-32-25-33(32)38-41-34(26-39-36(28-17-8-4-9-18-28)29-19-10-5-11-20-29)35(42-38)27-40-37(30-21-12-6-13-22-30)31-23-14-7-15-24-31/h4-15,17-24,32-37H,2-3,16,25-27H2,1H3/t32-,33+,34-,35-/m1/s1. The highest BCUT2D eigenvalue weighted by atomic mass is 16.7. The molecule has 0 radical (unpaired) electrons. The molecular weight excluding hydrogens is 519 g/mol. The van der Waals surface area contributed by atoms with Crippen LogP contribution >= 0.6 is 0 Å². The molecule has 0 N–H and O–H groups in total. The van der Waals surface area contributed by atoms with Crippen LogP contribution in [0, 0.1) is 5.92 Å². The molecule has 0 aromatic heterocycles. The zero-order valence-corrected chi connectivity index (χ0v) is 24.5. The number of rotatable bonds is 14. The van der Waals surface area contributed by atoms with E-state index < -0.39 is 0 Å². The first kappa shape index (κ1) is 28.9. The summed E-state index contributed by atoms with van der Waals surface area (Å²) in [6.07, 6.45) is 4.11. The normalized spacial score (nSPS) is 21.7. The van der Waals surface area contributed by atoms with Gasteiger partial charge in [-0.25, -0.2) is 0 Å². The molecule has 4 atom stereocenters. The van der Waals surface area contributed by atoms with Crippen molar-refractivity contribution < 1.29 is 18.8 Å². The van der Waals surface area contributed by atoms with Gasteiger partial charge < -0.3 is 18.8 Å². The summed E-state index contributed by atoms with van der Waals surface area (Å²) in [7, 11) is -0.201. The van der Waals surface area contributed by atoms with Crippen LogP contribution < -0.4 is 0 Å². The lowest BCUT2D eigenvalue weighted by atomic mass is 9.80. The molecule has 1 heterocycles. The molecule has 0 spiro atoms. The molecule has 4 aromatic carbocycles. The van der Waals surface area contributed by atoms with Gasteiger partial charge in [-0.1, -0.05) is 148 Å². The molecule has 5 heteroatoms. The predicted octanol–water partition coefficient (Wildman–Crippen LogP) is 8.45. The minimum absolute atomic E-state index is 0.184. The summed E-state index contributed by atoms with van der Waals surface area (Å²) in [5.74, 6) is 1.15. The Hall–Kier alpha value is -3.22. The smallest absolute Gasteiger partial charge is 0.403 e. The van der Waals surface area contributed by atoms with Crippen molar-refractivity contribution in [1.82, 2.24) is 0 Å². The average molecular weight is 561 g/mol. The van der Waals surface area contributed by atoms with Crippen molar-refractivity contribution in [3.63, 3.8) is 0 Å². The first-order chi connectivity index (χ1) is 20.8. The number of ether oxygens (including phenoxy) is 2. The van der Waals surface area contributed by atoms with Crippen molar-refractivity contribution in [1.29, 1.82) is 0 Å². The van der Waals surface area contributed by atoms with Crippen LogP contribution in [0.15, 0.2) is 121 Å². The maximum atomic E-state index is 6.68. The molecular formula is C37H41BO4. The van der Waals surface area contributed by atoms with E-state index in [9.17, 15) is 0 Å². The molecule has 4 aromatic rings. The first-order valence-corrected chi connectivity index (χ1v) is 15.5. The van der Waals surface area contributed by atoms with Gasteiger partial charge in [-0.3, -0.25) is 0 Å². The Bertz CT molecular complexity index is 1160. The van der Waals surface area contributed by atoms with E-state index in [2.05, 4.69) is 104 Å². The zero-order valence-electron chi connectivity index (χ0n) is 24.5. The number of hydrogen-bond acceptors (Lipinski definition) is 4. The van der Waals surface area contributed by atoms with E-state index in [4.69, 9.17) is 18.8 Å². The molecule has 4 nitrogen and oxygen atoms in total. The van der Waals surface area contributed by atoms with E-state index in [0.717, 1.165) is 22.3 Å². The Balaban J connectivity index is 1.19. The van der Waals surface area contributed by atoms with Crippen LogP contribution in [0.3, 0.4) is 0 Å². The fraction of sp³-hybridized carbons (Fsp3) is 0.351. The van der Waals surface area contributed by atoms with Crippen LogP contribution in [0.1, 0.15) is 67.1 Å². The molecule has 1 aliphatic heterocycles. The molecule has 0 bridgehead atoms. The van der Waals surface area contributed by atoms with Gasteiger partial charge in [0, 0.05) is 0 Å². The van der Waals surface area contributed by atoms with Crippen molar-refractivity contribution in [3.8, 4) is 0 Å². The van der Waals surface area contributed by atoms with E-state index in [0.29, 0.717) is 24.9 Å². The van der Waals surface area contributed by atoms with Gasteiger partial charge in [0.25, 0.3) is 0 Å². The number of unbranched alkanes of at least 4 members (excludes halogenated alkanes) is 1. The lowest BCUT2D eigenvalue weighted by Crippen LogP contribution is -2.33. The van der Waals surface area contributed by atoms with E-state index in [1.807, 2.05) is 24.3 Å². The molecule has 1 aliphatic carbocycles. The van der Waals surface area contributed by atoms with Gasteiger partial charge >= 0.3 is 7.12 Å². The predicted molar refractivity (Wildman–Crippen MR) is 168 cm³/mol. The average Bonchev–Trinajstić information content (AvgIpc) is 3.73.